The third-order valence-electron chi connectivity index (χ3n) is 7.18. The van der Waals surface area contributed by atoms with Crippen LogP contribution in [0.5, 0.6) is 0 Å². The van der Waals surface area contributed by atoms with E-state index in [4.69, 9.17) is 0 Å². The molecule has 0 bridgehead atoms. The Labute approximate surface area is 137 Å². The van der Waals surface area contributed by atoms with Crippen molar-refractivity contribution in [1.82, 2.24) is 0 Å². The quantitative estimate of drug-likeness (QED) is 0.748. The number of aliphatic hydroxyl groups excluding tert-OH is 1. The molecule has 0 amide bonds. The Hall–Kier alpha value is -1.48. The summed E-state index contributed by atoms with van der Waals surface area (Å²) in [6, 6.07) is 0. The third-order valence-corrected chi connectivity index (χ3v) is 7.18. The summed E-state index contributed by atoms with van der Waals surface area (Å²) in [5.41, 5.74) is 1.26. The van der Waals surface area contributed by atoms with Gasteiger partial charge in [0.15, 0.2) is 5.78 Å². The van der Waals surface area contributed by atoms with Gasteiger partial charge in [0.1, 0.15) is 5.78 Å². The molecule has 23 heavy (non-hydrogen) atoms. The van der Waals surface area contributed by atoms with Gasteiger partial charge in [-0.1, -0.05) is 32.1 Å². The SMILES string of the molecule is C=C1C[C@@H]2[C@H]([C@H](O)C[C@]3(C)C(=O)CC[C@@H]23)[C@@]2(C)C=CC(=O)C=C12. The summed E-state index contributed by atoms with van der Waals surface area (Å²) < 4.78 is 0. The van der Waals surface area contributed by atoms with Crippen molar-refractivity contribution in [3.05, 3.63) is 36.0 Å². The zero-order valence-corrected chi connectivity index (χ0v) is 13.8. The summed E-state index contributed by atoms with van der Waals surface area (Å²) in [6.07, 6.45) is 7.67. The molecule has 0 aromatic carbocycles. The maximum atomic E-state index is 12.4. The van der Waals surface area contributed by atoms with Gasteiger partial charge in [-0.3, -0.25) is 9.59 Å². The second-order valence-electron chi connectivity index (χ2n) is 8.33. The summed E-state index contributed by atoms with van der Waals surface area (Å²) >= 11 is 0. The Morgan fingerprint density at radius 3 is 2.78 bits per heavy atom. The highest BCUT2D eigenvalue weighted by atomic mass is 16.3. The summed E-state index contributed by atoms with van der Waals surface area (Å²) in [7, 11) is 0. The molecule has 3 heteroatoms. The lowest BCUT2D eigenvalue weighted by atomic mass is 9.47. The highest BCUT2D eigenvalue weighted by Crippen LogP contribution is 2.64. The zero-order chi connectivity index (χ0) is 16.6. The molecule has 0 heterocycles. The molecule has 0 unspecified atom stereocenters. The van der Waals surface area contributed by atoms with E-state index in [0.717, 1.165) is 24.0 Å². The number of Topliss-reactive ketones (excluding diaryl/α,β-unsaturated/α-hetero) is 1. The minimum Gasteiger partial charge on any atom is -0.393 e. The van der Waals surface area contributed by atoms with Gasteiger partial charge < -0.3 is 5.11 Å². The van der Waals surface area contributed by atoms with E-state index in [1.807, 2.05) is 13.0 Å². The molecule has 1 N–H and O–H groups in total. The van der Waals surface area contributed by atoms with Crippen molar-refractivity contribution >= 4 is 11.6 Å². The summed E-state index contributed by atoms with van der Waals surface area (Å²) in [5.74, 6) is 0.967. The van der Waals surface area contributed by atoms with Crippen LogP contribution in [0.1, 0.15) is 39.5 Å². The van der Waals surface area contributed by atoms with Crippen molar-refractivity contribution < 1.29 is 14.7 Å². The maximum Gasteiger partial charge on any atom is 0.178 e. The van der Waals surface area contributed by atoms with Gasteiger partial charge in [-0.15, -0.1) is 0 Å². The molecule has 3 fully saturated rings. The van der Waals surface area contributed by atoms with E-state index in [1.165, 1.54) is 0 Å². The molecule has 0 saturated heterocycles. The number of hydrogen-bond donors (Lipinski definition) is 1. The first kappa shape index (κ1) is 15.1. The molecule has 0 aromatic heterocycles. The molecule has 3 saturated carbocycles. The Bertz CT molecular complexity index is 685. The highest BCUT2D eigenvalue weighted by Gasteiger charge is 2.62. The van der Waals surface area contributed by atoms with Crippen LogP contribution in [0, 0.1) is 28.6 Å². The molecule has 0 spiro atoms. The van der Waals surface area contributed by atoms with Crippen LogP contribution < -0.4 is 0 Å². The molecule has 4 aliphatic rings. The van der Waals surface area contributed by atoms with Gasteiger partial charge in [-0.25, -0.2) is 0 Å². The molecule has 3 nitrogen and oxygen atoms in total. The largest absolute Gasteiger partial charge is 0.393 e. The minimum absolute atomic E-state index is 0.00302. The van der Waals surface area contributed by atoms with E-state index < -0.39 is 6.10 Å². The van der Waals surface area contributed by atoms with Crippen molar-refractivity contribution in [2.75, 3.05) is 0 Å². The first-order chi connectivity index (χ1) is 10.8. The first-order valence-corrected chi connectivity index (χ1v) is 8.62. The summed E-state index contributed by atoms with van der Waals surface area (Å²) in [4.78, 5) is 24.2. The molecular weight excluding hydrogens is 288 g/mol. The van der Waals surface area contributed by atoms with Gasteiger partial charge in [0.2, 0.25) is 0 Å². The number of ketones is 2. The van der Waals surface area contributed by atoms with Crippen molar-refractivity contribution in [3.63, 3.8) is 0 Å². The van der Waals surface area contributed by atoms with Crippen molar-refractivity contribution in [1.29, 1.82) is 0 Å². The highest BCUT2D eigenvalue weighted by molar-refractivity contribution is 6.02. The fraction of sp³-hybridized carbons (Fsp3) is 0.600. The summed E-state index contributed by atoms with van der Waals surface area (Å²) in [5, 5.41) is 11.0. The second kappa shape index (κ2) is 4.54. The predicted octanol–water partition coefficient (Wildman–Crippen LogP) is 3.00. The van der Waals surface area contributed by atoms with E-state index in [-0.39, 0.29) is 28.4 Å². The van der Waals surface area contributed by atoms with Crippen LogP contribution in [0.3, 0.4) is 0 Å². The van der Waals surface area contributed by atoms with E-state index in [9.17, 15) is 14.7 Å². The van der Waals surface area contributed by atoms with Crippen molar-refractivity contribution in [2.24, 2.45) is 28.6 Å². The van der Waals surface area contributed by atoms with Gasteiger partial charge in [-0.2, -0.15) is 0 Å². The van der Waals surface area contributed by atoms with Gasteiger partial charge in [0.05, 0.1) is 6.10 Å². The Morgan fingerprint density at radius 1 is 1.30 bits per heavy atom. The average Bonchev–Trinajstić information content (AvgIpc) is 2.76. The number of carbonyl (C=O) groups excluding carboxylic acids is 2. The van der Waals surface area contributed by atoms with Crippen LogP contribution in [0.25, 0.3) is 0 Å². The Kier molecular flexibility index (Phi) is 2.97. The number of fused-ring (bicyclic) bond motifs is 5. The molecule has 122 valence electrons. The van der Waals surface area contributed by atoms with Crippen LogP contribution in [0.2, 0.25) is 0 Å². The monoisotopic (exact) mass is 312 g/mol. The molecule has 4 rings (SSSR count). The van der Waals surface area contributed by atoms with Crippen LogP contribution in [0.4, 0.5) is 0 Å². The molecule has 4 aliphatic carbocycles. The topological polar surface area (TPSA) is 54.4 Å². The number of aliphatic hydroxyl groups is 1. The van der Waals surface area contributed by atoms with Crippen molar-refractivity contribution in [2.45, 2.75) is 45.6 Å². The maximum absolute atomic E-state index is 12.4. The number of hydrogen-bond acceptors (Lipinski definition) is 3. The third kappa shape index (κ3) is 1.80. The van der Waals surface area contributed by atoms with E-state index in [0.29, 0.717) is 24.5 Å². The first-order valence-electron chi connectivity index (χ1n) is 8.62. The fourth-order valence-corrected chi connectivity index (χ4v) is 6.12. The minimum atomic E-state index is -0.511. The zero-order valence-electron chi connectivity index (χ0n) is 13.8. The smallest absolute Gasteiger partial charge is 0.178 e. The van der Waals surface area contributed by atoms with Crippen molar-refractivity contribution in [3.8, 4) is 0 Å². The number of allylic oxidation sites excluding steroid dienone is 5. The standard InChI is InChI=1S/C20H24O3/c1-11-8-13-14-4-5-17(23)20(14,3)10-16(22)18(13)19(2)7-6-12(21)9-15(11)19/h6-7,9,13-14,16,18,22H,1,4-5,8,10H2,2-3H3/t13-,14-,16+,18+,19-,20-/m0/s1. The number of rotatable bonds is 0. The van der Waals surface area contributed by atoms with E-state index >= 15 is 0 Å². The average molecular weight is 312 g/mol. The normalized spacial score (nSPS) is 48.7. The lowest BCUT2D eigenvalue weighted by Gasteiger charge is -2.57. The van der Waals surface area contributed by atoms with Crippen LogP contribution in [0.15, 0.2) is 36.0 Å². The van der Waals surface area contributed by atoms with Crippen LogP contribution in [-0.4, -0.2) is 22.8 Å². The molecular formula is C20H24O3. The molecule has 0 aliphatic heterocycles. The van der Waals surface area contributed by atoms with Gasteiger partial charge in [0.25, 0.3) is 0 Å². The predicted molar refractivity (Wildman–Crippen MR) is 87.5 cm³/mol. The summed E-state index contributed by atoms with van der Waals surface area (Å²) in [6.45, 7) is 8.39. The molecule has 0 aromatic rings. The van der Waals surface area contributed by atoms with E-state index in [1.54, 1.807) is 12.2 Å². The van der Waals surface area contributed by atoms with Gasteiger partial charge >= 0.3 is 0 Å². The molecule has 6 atom stereocenters. The van der Waals surface area contributed by atoms with Crippen LogP contribution in [-0.2, 0) is 9.59 Å². The fourth-order valence-electron chi connectivity index (χ4n) is 6.12. The molecule has 0 radical (unpaired) electrons. The lowest BCUT2D eigenvalue weighted by Crippen LogP contribution is -2.56. The van der Waals surface area contributed by atoms with E-state index in [2.05, 4.69) is 13.5 Å². The Morgan fingerprint density at radius 2 is 2.04 bits per heavy atom. The lowest BCUT2D eigenvalue weighted by molar-refractivity contribution is -0.141. The second-order valence-corrected chi connectivity index (χ2v) is 8.33. The van der Waals surface area contributed by atoms with Crippen LogP contribution >= 0.6 is 0 Å². The Balaban J connectivity index is 1.82. The van der Waals surface area contributed by atoms with Gasteiger partial charge in [-0.05, 0) is 48.8 Å². The number of carbonyl (C=O) groups is 2. The van der Waals surface area contributed by atoms with Gasteiger partial charge in [0, 0.05) is 23.2 Å².